The first-order chi connectivity index (χ1) is 9.16. The molecule has 0 radical (unpaired) electrons. The molecule has 0 amide bonds. The summed E-state index contributed by atoms with van der Waals surface area (Å²) < 4.78 is 18.5. The lowest BCUT2D eigenvalue weighted by Crippen LogP contribution is -2.28. The predicted molar refractivity (Wildman–Crippen MR) is 68.8 cm³/mol. The molecule has 0 aromatic heterocycles. The molecule has 0 spiro atoms. The molecule has 5 nitrogen and oxygen atoms in total. The number of nitro benzene ring substituents is 1. The molecule has 0 aliphatic carbocycles. The number of halogens is 1. The number of hydrogen-bond donors (Lipinski definition) is 1. The summed E-state index contributed by atoms with van der Waals surface area (Å²) >= 11 is 0. The maximum absolute atomic E-state index is 13.1. The quantitative estimate of drug-likeness (QED) is 0.658. The van der Waals surface area contributed by atoms with E-state index < -0.39 is 10.7 Å². The van der Waals surface area contributed by atoms with Gasteiger partial charge in [-0.2, -0.15) is 0 Å². The number of ether oxygens (including phenoxy) is 1. The van der Waals surface area contributed by atoms with Gasteiger partial charge in [-0.3, -0.25) is 10.1 Å². The van der Waals surface area contributed by atoms with Crippen molar-refractivity contribution < 1.29 is 14.1 Å². The lowest BCUT2D eigenvalue weighted by molar-refractivity contribution is -0.385. The van der Waals surface area contributed by atoms with E-state index in [0.29, 0.717) is 12.5 Å². The van der Waals surface area contributed by atoms with Gasteiger partial charge in [-0.1, -0.05) is 0 Å². The van der Waals surface area contributed by atoms with Crippen molar-refractivity contribution in [2.75, 3.05) is 19.7 Å². The van der Waals surface area contributed by atoms with Gasteiger partial charge in [0.05, 0.1) is 11.5 Å². The SMILES string of the molecule is O=[N+]([O-])c1ccc(F)cc1OCCC1CCNCC1. The van der Waals surface area contributed by atoms with Crippen LogP contribution < -0.4 is 10.1 Å². The Morgan fingerprint density at radius 1 is 1.42 bits per heavy atom. The average Bonchev–Trinajstić information content (AvgIpc) is 2.39. The number of nitro groups is 1. The molecular formula is C13H17FN2O3. The highest BCUT2D eigenvalue weighted by Crippen LogP contribution is 2.28. The minimum atomic E-state index is -0.556. The Morgan fingerprint density at radius 3 is 2.84 bits per heavy atom. The standard InChI is InChI=1S/C13H17FN2O3/c14-11-1-2-12(16(17)18)13(9-11)19-8-5-10-3-6-15-7-4-10/h1-2,9-10,15H,3-8H2. The molecule has 6 heteroatoms. The van der Waals surface area contributed by atoms with Crippen LogP contribution in [0.15, 0.2) is 18.2 Å². The molecule has 1 aliphatic heterocycles. The molecule has 0 saturated carbocycles. The normalized spacial score (nSPS) is 16.3. The molecule has 2 rings (SSSR count). The molecule has 1 heterocycles. The second-order valence-corrected chi connectivity index (χ2v) is 4.70. The van der Waals surface area contributed by atoms with Gasteiger partial charge in [0.1, 0.15) is 5.82 Å². The highest BCUT2D eigenvalue weighted by Gasteiger charge is 2.17. The molecule has 1 aromatic rings. The van der Waals surface area contributed by atoms with Gasteiger partial charge in [-0.15, -0.1) is 0 Å². The van der Waals surface area contributed by atoms with Crippen LogP contribution in [-0.4, -0.2) is 24.6 Å². The van der Waals surface area contributed by atoms with Gasteiger partial charge in [-0.25, -0.2) is 4.39 Å². The summed E-state index contributed by atoms with van der Waals surface area (Å²) in [5, 5.41) is 14.1. The van der Waals surface area contributed by atoms with Crippen molar-refractivity contribution in [1.29, 1.82) is 0 Å². The number of nitrogens with zero attached hydrogens (tertiary/aromatic N) is 1. The van der Waals surface area contributed by atoms with E-state index in [0.717, 1.165) is 50.6 Å². The Morgan fingerprint density at radius 2 is 2.16 bits per heavy atom. The van der Waals surface area contributed by atoms with E-state index in [1.165, 1.54) is 0 Å². The number of nitrogens with one attached hydrogen (secondary N) is 1. The molecular weight excluding hydrogens is 251 g/mol. The van der Waals surface area contributed by atoms with Gasteiger partial charge in [0.25, 0.3) is 0 Å². The molecule has 19 heavy (non-hydrogen) atoms. The topological polar surface area (TPSA) is 64.4 Å². The van der Waals surface area contributed by atoms with Crippen LogP contribution in [0.5, 0.6) is 5.75 Å². The molecule has 1 aromatic carbocycles. The van der Waals surface area contributed by atoms with E-state index >= 15 is 0 Å². The second kappa shape index (κ2) is 6.47. The fraction of sp³-hybridized carbons (Fsp3) is 0.538. The fourth-order valence-electron chi connectivity index (χ4n) is 2.26. The molecule has 1 fully saturated rings. The Kier molecular flexibility index (Phi) is 4.68. The Hall–Kier alpha value is -1.69. The van der Waals surface area contributed by atoms with Crippen molar-refractivity contribution >= 4 is 5.69 Å². The molecule has 1 aliphatic rings. The number of rotatable bonds is 5. The highest BCUT2D eigenvalue weighted by molar-refractivity contribution is 5.46. The summed E-state index contributed by atoms with van der Waals surface area (Å²) in [6.07, 6.45) is 3.03. The minimum Gasteiger partial charge on any atom is -0.487 e. The van der Waals surface area contributed by atoms with Crippen molar-refractivity contribution in [3.05, 3.63) is 34.1 Å². The van der Waals surface area contributed by atoms with Crippen LogP contribution in [0.3, 0.4) is 0 Å². The zero-order valence-corrected chi connectivity index (χ0v) is 10.6. The Bertz CT molecular complexity index is 448. The number of benzene rings is 1. The molecule has 104 valence electrons. The van der Waals surface area contributed by atoms with Crippen molar-refractivity contribution in [2.45, 2.75) is 19.3 Å². The Balaban J connectivity index is 1.91. The van der Waals surface area contributed by atoms with Gasteiger partial charge >= 0.3 is 5.69 Å². The van der Waals surface area contributed by atoms with E-state index in [4.69, 9.17) is 4.74 Å². The van der Waals surface area contributed by atoms with Gasteiger partial charge in [0, 0.05) is 12.1 Å². The number of hydrogen-bond acceptors (Lipinski definition) is 4. The zero-order chi connectivity index (χ0) is 13.7. The van der Waals surface area contributed by atoms with Gasteiger partial charge in [-0.05, 0) is 44.3 Å². The molecule has 0 unspecified atom stereocenters. The summed E-state index contributed by atoms with van der Waals surface area (Å²) in [7, 11) is 0. The Labute approximate surface area is 110 Å². The van der Waals surface area contributed by atoms with Crippen LogP contribution in [0.1, 0.15) is 19.3 Å². The predicted octanol–water partition coefficient (Wildman–Crippen LogP) is 2.50. The van der Waals surface area contributed by atoms with E-state index in [2.05, 4.69) is 5.32 Å². The van der Waals surface area contributed by atoms with Gasteiger partial charge in [0.2, 0.25) is 0 Å². The number of piperidine rings is 1. The third kappa shape index (κ3) is 3.89. The molecule has 0 atom stereocenters. The fourth-order valence-corrected chi connectivity index (χ4v) is 2.26. The van der Waals surface area contributed by atoms with Crippen LogP contribution in [0.2, 0.25) is 0 Å². The van der Waals surface area contributed by atoms with E-state index in [1.807, 2.05) is 0 Å². The molecule has 0 bridgehead atoms. The minimum absolute atomic E-state index is 0.0129. The van der Waals surface area contributed by atoms with Crippen LogP contribution >= 0.6 is 0 Å². The first-order valence-corrected chi connectivity index (χ1v) is 6.44. The maximum atomic E-state index is 13.1. The largest absolute Gasteiger partial charge is 0.487 e. The van der Waals surface area contributed by atoms with Crippen molar-refractivity contribution in [1.82, 2.24) is 5.32 Å². The summed E-state index contributed by atoms with van der Waals surface area (Å²) in [5.41, 5.74) is -0.188. The lowest BCUT2D eigenvalue weighted by atomic mass is 9.95. The smallest absolute Gasteiger partial charge is 0.311 e. The maximum Gasteiger partial charge on any atom is 0.311 e. The highest BCUT2D eigenvalue weighted by atomic mass is 19.1. The second-order valence-electron chi connectivity index (χ2n) is 4.70. The summed E-state index contributed by atoms with van der Waals surface area (Å²) in [6, 6.07) is 3.27. The third-order valence-corrected chi connectivity index (χ3v) is 3.36. The van der Waals surface area contributed by atoms with Crippen LogP contribution in [0.25, 0.3) is 0 Å². The third-order valence-electron chi connectivity index (χ3n) is 3.36. The van der Waals surface area contributed by atoms with Gasteiger partial charge < -0.3 is 10.1 Å². The first kappa shape index (κ1) is 13.7. The summed E-state index contributed by atoms with van der Waals surface area (Å²) in [5.74, 6) is 0.0651. The van der Waals surface area contributed by atoms with Crippen LogP contribution in [-0.2, 0) is 0 Å². The molecule has 1 N–H and O–H groups in total. The van der Waals surface area contributed by atoms with Crippen molar-refractivity contribution in [3.63, 3.8) is 0 Å². The van der Waals surface area contributed by atoms with E-state index in [-0.39, 0.29) is 11.4 Å². The zero-order valence-electron chi connectivity index (χ0n) is 10.6. The van der Waals surface area contributed by atoms with E-state index in [1.54, 1.807) is 0 Å². The summed E-state index contributed by atoms with van der Waals surface area (Å²) in [4.78, 5) is 10.2. The van der Waals surface area contributed by atoms with Crippen molar-refractivity contribution in [2.24, 2.45) is 5.92 Å². The van der Waals surface area contributed by atoms with Crippen LogP contribution in [0, 0.1) is 21.8 Å². The summed E-state index contributed by atoms with van der Waals surface area (Å²) in [6.45, 7) is 2.39. The first-order valence-electron chi connectivity index (χ1n) is 6.44. The van der Waals surface area contributed by atoms with Gasteiger partial charge in [0.15, 0.2) is 5.75 Å². The van der Waals surface area contributed by atoms with E-state index in [9.17, 15) is 14.5 Å². The monoisotopic (exact) mass is 268 g/mol. The van der Waals surface area contributed by atoms with Crippen LogP contribution in [0.4, 0.5) is 10.1 Å². The van der Waals surface area contributed by atoms with Crippen molar-refractivity contribution in [3.8, 4) is 5.75 Å². The average molecular weight is 268 g/mol. The molecule has 1 saturated heterocycles. The lowest BCUT2D eigenvalue weighted by Gasteiger charge is -2.22.